The Morgan fingerprint density at radius 3 is 1.95 bits per heavy atom. The molecule has 2 aromatic carbocycles. The van der Waals surface area contributed by atoms with Crippen molar-refractivity contribution in [2.24, 2.45) is 5.84 Å². The standard InChI is InChI=1S/C16H17F3N2/c1-9-3-10(2)5-11(4-9)6-15(21-20)16-13(18)7-12(17)8-14(16)19/h3-5,7-8,15,21H,6,20H2,1-2H3. The normalized spacial score (nSPS) is 12.5. The van der Waals surface area contributed by atoms with Crippen LogP contribution >= 0.6 is 0 Å². The van der Waals surface area contributed by atoms with Crippen LogP contribution in [-0.4, -0.2) is 0 Å². The van der Waals surface area contributed by atoms with Crippen LogP contribution in [0.3, 0.4) is 0 Å². The molecule has 0 radical (unpaired) electrons. The summed E-state index contributed by atoms with van der Waals surface area (Å²) in [5.74, 6) is 2.59. The Hall–Kier alpha value is -1.85. The van der Waals surface area contributed by atoms with Crippen molar-refractivity contribution in [3.8, 4) is 0 Å². The molecule has 1 unspecified atom stereocenters. The topological polar surface area (TPSA) is 38.0 Å². The molecule has 0 saturated carbocycles. The summed E-state index contributed by atoms with van der Waals surface area (Å²) in [7, 11) is 0. The number of hydrazine groups is 1. The summed E-state index contributed by atoms with van der Waals surface area (Å²) >= 11 is 0. The SMILES string of the molecule is Cc1cc(C)cc(CC(NN)c2c(F)cc(F)cc2F)c1. The van der Waals surface area contributed by atoms with Gasteiger partial charge in [-0.25, -0.2) is 13.2 Å². The lowest BCUT2D eigenvalue weighted by molar-refractivity contribution is 0.462. The second kappa shape index (κ2) is 6.28. The molecular weight excluding hydrogens is 277 g/mol. The molecule has 0 aliphatic carbocycles. The van der Waals surface area contributed by atoms with Gasteiger partial charge in [0.15, 0.2) is 0 Å². The lowest BCUT2D eigenvalue weighted by Gasteiger charge is -2.18. The van der Waals surface area contributed by atoms with Crippen LogP contribution in [0.1, 0.15) is 28.3 Å². The zero-order valence-corrected chi connectivity index (χ0v) is 11.9. The Labute approximate surface area is 121 Å². The molecule has 1 atom stereocenters. The van der Waals surface area contributed by atoms with Crippen molar-refractivity contribution in [3.05, 3.63) is 70.0 Å². The van der Waals surface area contributed by atoms with E-state index in [9.17, 15) is 13.2 Å². The molecule has 112 valence electrons. The average molecular weight is 294 g/mol. The lowest BCUT2D eigenvalue weighted by atomic mass is 9.96. The average Bonchev–Trinajstić information content (AvgIpc) is 2.35. The monoisotopic (exact) mass is 294 g/mol. The van der Waals surface area contributed by atoms with Crippen molar-refractivity contribution >= 4 is 0 Å². The maximum atomic E-state index is 13.8. The molecule has 2 aromatic rings. The number of nitrogens with two attached hydrogens (primary N) is 1. The number of halogens is 3. The first-order chi connectivity index (χ1) is 9.90. The number of benzene rings is 2. The summed E-state index contributed by atoms with van der Waals surface area (Å²) in [6.07, 6.45) is 0.304. The Kier molecular flexibility index (Phi) is 4.65. The fraction of sp³-hybridized carbons (Fsp3) is 0.250. The first kappa shape index (κ1) is 15.5. The molecule has 0 aliphatic rings. The highest BCUT2D eigenvalue weighted by Crippen LogP contribution is 2.25. The van der Waals surface area contributed by atoms with Gasteiger partial charge in [-0.1, -0.05) is 29.3 Å². The third-order valence-electron chi connectivity index (χ3n) is 3.31. The van der Waals surface area contributed by atoms with Gasteiger partial charge < -0.3 is 0 Å². The van der Waals surface area contributed by atoms with Crippen molar-refractivity contribution in [3.63, 3.8) is 0 Å². The largest absolute Gasteiger partial charge is 0.271 e. The summed E-state index contributed by atoms with van der Waals surface area (Å²) in [4.78, 5) is 0. The van der Waals surface area contributed by atoms with E-state index in [-0.39, 0.29) is 5.56 Å². The van der Waals surface area contributed by atoms with E-state index in [0.717, 1.165) is 16.7 Å². The van der Waals surface area contributed by atoms with E-state index < -0.39 is 23.5 Å². The minimum absolute atomic E-state index is 0.252. The second-order valence-corrected chi connectivity index (χ2v) is 5.20. The van der Waals surface area contributed by atoms with Crippen LogP contribution in [0.15, 0.2) is 30.3 Å². The fourth-order valence-corrected chi connectivity index (χ4v) is 2.55. The lowest BCUT2D eigenvalue weighted by Crippen LogP contribution is -2.31. The number of hydrogen-bond donors (Lipinski definition) is 2. The molecule has 0 aromatic heterocycles. The number of aryl methyl sites for hydroxylation is 2. The van der Waals surface area contributed by atoms with Crippen LogP contribution < -0.4 is 11.3 Å². The Morgan fingerprint density at radius 1 is 0.952 bits per heavy atom. The second-order valence-electron chi connectivity index (χ2n) is 5.20. The summed E-state index contributed by atoms with van der Waals surface area (Å²) < 4.78 is 40.6. The third kappa shape index (κ3) is 3.62. The van der Waals surface area contributed by atoms with Crippen molar-refractivity contribution in [2.45, 2.75) is 26.3 Å². The van der Waals surface area contributed by atoms with E-state index in [4.69, 9.17) is 5.84 Å². The molecule has 0 aliphatic heterocycles. The predicted octanol–water partition coefficient (Wildman–Crippen LogP) is 3.47. The van der Waals surface area contributed by atoms with E-state index in [1.165, 1.54) is 0 Å². The van der Waals surface area contributed by atoms with E-state index in [0.29, 0.717) is 18.6 Å². The van der Waals surface area contributed by atoms with Gasteiger partial charge in [-0.3, -0.25) is 11.3 Å². The Bertz CT molecular complexity index is 613. The summed E-state index contributed by atoms with van der Waals surface area (Å²) in [6, 6.07) is 6.40. The number of hydrogen-bond acceptors (Lipinski definition) is 2. The van der Waals surface area contributed by atoms with Gasteiger partial charge in [0.05, 0.1) is 6.04 Å². The van der Waals surface area contributed by atoms with Crippen LogP contribution in [0, 0.1) is 31.3 Å². The summed E-state index contributed by atoms with van der Waals surface area (Å²) in [5.41, 5.74) is 5.17. The molecule has 21 heavy (non-hydrogen) atoms. The fourth-order valence-electron chi connectivity index (χ4n) is 2.55. The van der Waals surface area contributed by atoms with Crippen LogP contribution in [0.25, 0.3) is 0 Å². The van der Waals surface area contributed by atoms with Crippen molar-refractivity contribution in [1.29, 1.82) is 0 Å². The van der Waals surface area contributed by atoms with Gasteiger partial charge in [-0.05, 0) is 25.8 Å². The predicted molar refractivity (Wildman–Crippen MR) is 76.0 cm³/mol. The molecule has 5 heteroatoms. The molecule has 0 heterocycles. The minimum atomic E-state index is -0.948. The molecule has 0 spiro atoms. The molecule has 3 N–H and O–H groups in total. The maximum absolute atomic E-state index is 13.8. The molecule has 2 nitrogen and oxygen atoms in total. The van der Waals surface area contributed by atoms with Gasteiger partial charge in [-0.15, -0.1) is 0 Å². The van der Waals surface area contributed by atoms with Gasteiger partial charge >= 0.3 is 0 Å². The van der Waals surface area contributed by atoms with E-state index in [1.54, 1.807) is 0 Å². The quantitative estimate of drug-likeness (QED) is 0.669. The smallest absolute Gasteiger partial charge is 0.133 e. The third-order valence-corrected chi connectivity index (χ3v) is 3.31. The van der Waals surface area contributed by atoms with E-state index >= 15 is 0 Å². The zero-order valence-electron chi connectivity index (χ0n) is 11.9. The zero-order chi connectivity index (χ0) is 15.6. The van der Waals surface area contributed by atoms with Gasteiger partial charge in [0.2, 0.25) is 0 Å². The molecule has 0 amide bonds. The maximum Gasteiger partial charge on any atom is 0.133 e. The number of rotatable bonds is 4. The molecule has 0 bridgehead atoms. The van der Waals surface area contributed by atoms with Gasteiger partial charge in [-0.2, -0.15) is 0 Å². The highest BCUT2D eigenvalue weighted by Gasteiger charge is 2.21. The first-order valence-electron chi connectivity index (χ1n) is 6.58. The first-order valence-corrected chi connectivity index (χ1v) is 6.58. The van der Waals surface area contributed by atoms with Crippen LogP contribution in [0.5, 0.6) is 0 Å². The highest BCUT2D eigenvalue weighted by molar-refractivity contribution is 5.31. The molecule has 2 rings (SSSR count). The van der Waals surface area contributed by atoms with E-state index in [2.05, 4.69) is 5.43 Å². The van der Waals surface area contributed by atoms with Crippen molar-refractivity contribution in [2.75, 3.05) is 0 Å². The number of nitrogens with one attached hydrogen (secondary N) is 1. The van der Waals surface area contributed by atoms with Gasteiger partial charge in [0.1, 0.15) is 17.5 Å². The molecule has 0 saturated heterocycles. The van der Waals surface area contributed by atoms with Crippen LogP contribution in [0.2, 0.25) is 0 Å². The molecular formula is C16H17F3N2. The Balaban J connectivity index is 2.36. The van der Waals surface area contributed by atoms with Gasteiger partial charge in [0, 0.05) is 17.7 Å². The van der Waals surface area contributed by atoms with Crippen molar-refractivity contribution < 1.29 is 13.2 Å². The van der Waals surface area contributed by atoms with Gasteiger partial charge in [0.25, 0.3) is 0 Å². The Morgan fingerprint density at radius 2 is 1.48 bits per heavy atom. The van der Waals surface area contributed by atoms with E-state index in [1.807, 2.05) is 32.0 Å². The summed E-state index contributed by atoms with van der Waals surface area (Å²) in [5, 5.41) is 0. The highest BCUT2D eigenvalue weighted by atomic mass is 19.1. The van der Waals surface area contributed by atoms with Crippen molar-refractivity contribution in [1.82, 2.24) is 5.43 Å². The van der Waals surface area contributed by atoms with Crippen LogP contribution in [-0.2, 0) is 6.42 Å². The minimum Gasteiger partial charge on any atom is -0.271 e. The summed E-state index contributed by atoms with van der Waals surface area (Å²) in [6.45, 7) is 3.89. The molecule has 0 fully saturated rings. The van der Waals surface area contributed by atoms with Crippen LogP contribution in [0.4, 0.5) is 13.2 Å².